The van der Waals surface area contributed by atoms with E-state index in [1.54, 1.807) is 0 Å². The summed E-state index contributed by atoms with van der Waals surface area (Å²) in [6, 6.07) is 15.2. The van der Waals surface area contributed by atoms with Gasteiger partial charge < -0.3 is 4.74 Å². The summed E-state index contributed by atoms with van der Waals surface area (Å²) in [7, 11) is 0. The van der Waals surface area contributed by atoms with Gasteiger partial charge in [0.1, 0.15) is 5.75 Å². The molecule has 3 aromatic rings. The van der Waals surface area contributed by atoms with E-state index < -0.39 is 5.69 Å². The fourth-order valence-corrected chi connectivity index (χ4v) is 3.01. The maximum Gasteiger partial charge on any atom is 0.331 e. The zero-order chi connectivity index (χ0) is 18.7. The molecule has 0 unspecified atom stereocenters. The van der Waals surface area contributed by atoms with Gasteiger partial charge in [0, 0.05) is 0 Å². The van der Waals surface area contributed by atoms with E-state index in [9.17, 15) is 9.59 Å². The van der Waals surface area contributed by atoms with Crippen LogP contribution < -0.4 is 16.0 Å². The van der Waals surface area contributed by atoms with Gasteiger partial charge in [-0.15, -0.1) is 0 Å². The van der Waals surface area contributed by atoms with Crippen LogP contribution in [0, 0.1) is 13.8 Å². The molecular weight excluding hydrogens is 328 g/mol. The molecule has 0 aliphatic carbocycles. The molecule has 5 nitrogen and oxygen atoms in total. The Morgan fingerprint density at radius 2 is 1.65 bits per heavy atom. The molecule has 0 atom stereocenters. The van der Waals surface area contributed by atoms with Gasteiger partial charge >= 0.3 is 5.69 Å². The lowest BCUT2D eigenvalue weighted by atomic mass is 10.1. The number of benzene rings is 2. The number of aromatic nitrogens is 2. The second-order valence-corrected chi connectivity index (χ2v) is 6.39. The van der Waals surface area contributed by atoms with Crippen LogP contribution in [0.4, 0.5) is 0 Å². The maximum absolute atomic E-state index is 12.8. The van der Waals surface area contributed by atoms with Crippen LogP contribution in [0.2, 0.25) is 0 Å². The molecule has 0 bridgehead atoms. The standard InChI is InChI=1S/C21H22N2O3/c1-4-18-19(26-17-11-14(2)10-15(3)12-17)22-21(25)23(20(18)24)13-16-8-6-5-7-9-16/h5-12H,4,13H2,1-3H3,(H,22,25). The predicted octanol–water partition coefficient (Wildman–Crippen LogP) is 3.56. The first-order valence-corrected chi connectivity index (χ1v) is 8.64. The average Bonchev–Trinajstić information content (AvgIpc) is 2.59. The molecule has 0 fully saturated rings. The molecule has 26 heavy (non-hydrogen) atoms. The van der Waals surface area contributed by atoms with Crippen LogP contribution in [-0.4, -0.2) is 9.55 Å². The van der Waals surface area contributed by atoms with E-state index in [1.165, 1.54) is 4.57 Å². The fourth-order valence-electron chi connectivity index (χ4n) is 3.01. The van der Waals surface area contributed by atoms with Crippen LogP contribution in [0.25, 0.3) is 0 Å². The van der Waals surface area contributed by atoms with Crippen LogP contribution in [-0.2, 0) is 13.0 Å². The van der Waals surface area contributed by atoms with Crippen molar-refractivity contribution in [3.63, 3.8) is 0 Å². The third-order valence-electron chi connectivity index (χ3n) is 4.20. The monoisotopic (exact) mass is 350 g/mol. The van der Waals surface area contributed by atoms with Crippen LogP contribution in [0.3, 0.4) is 0 Å². The largest absolute Gasteiger partial charge is 0.440 e. The number of ether oxygens (including phenoxy) is 1. The molecule has 0 aliphatic rings. The number of aryl methyl sites for hydroxylation is 2. The summed E-state index contributed by atoms with van der Waals surface area (Å²) in [6.07, 6.45) is 0.463. The summed E-state index contributed by atoms with van der Waals surface area (Å²) in [4.78, 5) is 28.0. The maximum atomic E-state index is 12.8. The normalized spacial score (nSPS) is 10.7. The quantitative estimate of drug-likeness (QED) is 0.765. The lowest BCUT2D eigenvalue weighted by Crippen LogP contribution is -2.37. The summed E-state index contributed by atoms with van der Waals surface area (Å²) >= 11 is 0. The van der Waals surface area contributed by atoms with Gasteiger partial charge in [-0.05, 0) is 49.1 Å². The van der Waals surface area contributed by atoms with Crippen molar-refractivity contribution >= 4 is 0 Å². The number of rotatable bonds is 5. The van der Waals surface area contributed by atoms with Crippen LogP contribution >= 0.6 is 0 Å². The molecule has 1 heterocycles. The van der Waals surface area contributed by atoms with Crippen molar-refractivity contribution in [2.45, 2.75) is 33.7 Å². The number of hydrogen-bond acceptors (Lipinski definition) is 3. The second kappa shape index (κ2) is 7.44. The molecular formula is C21H22N2O3. The molecule has 5 heteroatoms. The highest BCUT2D eigenvalue weighted by Gasteiger charge is 2.15. The van der Waals surface area contributed by atoms with Crippen molar-refractivity contribution in [1.29, 1.82) is 0 Å². The predicted molar refractivity (Wildman–Crippen MR) is 102 cm³/mol. The van der Waals surface area contributed by atoms with Gasteiger partial charge in [0.05, 0.1) is 12.1 Å². The highest BCUT2D eigenvalue weighted by molar-refractivity contribution is 5.37. The Kier molecular flexibility index (Phi) is 5.07. The summed E-state index contributed by atoms with van der Waals surface area (Å²) in [6.45, 7) is 6.05. The van der Waals surface area contributed by atoms with Gasteiger partial charge in [-0.1, -0.05) is 43.3 Å². The van der Waals surface area contributed by atoms with E-state index in [0.717, 1.165) is 16.7 Å². The van der Waals surface area contributed by atoms with Gasteiger partial charge in [0.25, 0.3) is 5.56 Å². The summed E-state index contributed by atoms with van der Waals surface area (Å²) in [5.74, 6) is 0.824. The molecule has 0 saturated carbocycles. The van der Waals surface area contributed by atoms with E-state index in [0.29, 0.717) is 17.7 Å². The zero-order valence-corrected chi connectivity index (χ0v) is 15.2. The molecule has 3 rings (SSSR count). The first-order chi connectivity index (χ1) is 12.5. The highest BCUT2D eigenvalue weighted by Crippen LogP contribution is 2.23. The van der Waals surface area contributed by atoms with Crippen LogP contribution in [0.1, 0.15) is 29.2 Å². The third kappa shape index (κ3) is 3.77. The number of aromatic amines is 1. The van der Waals surface area contributed by atoms with Crippen molar-refractivity contribution in [2.75, 3.05) is 0 Å². The van der Waals surface area contributed by atoms with E-state index >= 15 is 0 Å². The minimum atomic E-state index is -0.476. The lowest BCUT2D eigenvalue weighted by molar-refractivity contribution is 0.444. The molecule has 0 spiro atoms. The Morgan fingerprint density at radius 3 is 2.27 bits per heavy atom. The van der Waals surface area contributed by atoms with E-state index in [4.69, 9.17) is 4.74 Å². The van der Waals surface area contributed by atoms with Crippen molar-refractivity contribution < 1.29 is 4.74 Å². The molecule has 1 aromatic heterocycles. The first kappa shape index (κ1) is 17.7. The Hall–Kier alpha value is -3.08. The topological polar surface area (TPSA) is 64.1 Å². The lowest BCUT2D eigenvalue weighted by Gasteiger charge is -2.13. The number of H-pyrrole nitrogens is 1. The van der Waals surface area contributed by atoms with Gasteiger partial charge in [-0.2, -0.15) is 0 Å². The Morgan fingerprint density at radius 1 is 1.00 bits per heavy atom. The van der Waals surface area contributed by atoms with Crippen molar-refractivity contribution in [2.24, 2.45) is 0 Å². The molecule has 0 radical (unpaired) electrons. The van der Waals surface area contributed by atoms with Gasteiger partial charge in [0.15, 0.2) is 0 Å². The van der Waals surface area contributed by atoms with Gasteiger partial charge in [-0.3, -0.25) is 14.3 Å². The average molecular weight is 350 g/mol. The highest BCUT2D eigenvalue weighted by atomic mass is 16.5. The summed E-state index contributed by atoms with van der Waals surface area (Å²) in [5, 5.41) is 0. The molecule has 2 aromatic carbocycles. The van der Waals surface area contributed by atoms with Gasteiger partial charge in [0.2, 0.25) is 5.88 Å². The number of hydrogen-bond donors (Lipinski definition) is 1. The number of nitrogens with zero attached hydrogens (tertiary/aromatic N) is 1. The summed E-state index contributed by atoms with van der Waals surface area (Å²) in [5.41, 5.74) is 2.66. The van der Waals surface area contributed by atoms with Crippen LogP contribution in [0.5, 0.6) is 11.6 Å². The Labute approximate surface area is 151 Å². The van der Waals surface area contributed by atoms with Crippen molar-refractivity contribution in [3.05, 3.63) is 91.6 Å². The first-order valence-electron chi connectivity index (χ1n) is 8.64. The van der Waals surface area contributed by atoms with E-state index in [-0.39, 0.29) is 18.0 Å². The van der Waals surface area contributed by atoms with Crippen molar-refractivity contribution in [3.8, 4) is 11.6 Å². The summed E-state index contributed by atoms with van der Waals surface area (Å²) < 4.78 is 7.07. The smallest absolute Gasteiger partial charge is 0.331 e. The Bertz CT molecular complexity index is 1010. The van der Waals surface area contributed by atoms with E-state index in [2.05, 4.69) is 4.98 Å². The van der Waals surface area contributed by atoms with E-state index in [1.807, 2.05) is 69.3 Å². The zero-order valence-electron chi connectivity index (χ0n) is 15.2. The minimum absolute atomic E-state index is 0.219. The molecule has 0 aliphatic heterocycles. The SMILES string of the molecule is CCc1c(Oc2cc(C)cc(C)c2)[nH]c(=O)n(Cc2ccccc2)c1=O. The Balaban J connectivity index is 2.02. The second-order valence-electron chi connectivity index (χ2n) is 6.39. The van der Waals surface area contributed by atoms with Crippen LogP contribution in [0.15, 0.2) is 58.1 Å². The number of nitrogens with one attached hydrogen (secondary N) is 1. The van der Waals surface area contributed by atoms with Gasteiger partial charge in [-0.25, -0.2) is 4.79 Å². The fraction of sp³-hybridized carbons (Fsp3) is 0.238. The third-order valence-corrected chi connectivity index (χ3v) is 4.20. The molecule has 1 N–H and O–H groups in total. The molecule has 0 amide bonds. The minimum Gasteiger partial charge on any atom is -0.440 e. The van der Waals surface area contributed by atoms with Crippen molar-refractivity contribution in [1.82, 2.24) is 9.55 Å². The molecule has 134 valence electrons. The molecule has 0 saturated heterocycles.